The zero-order valence-electron chi connectivity index (χ0n) is 22.7. The van der Waals surface area contributed by atoms with E-state index in [9.17, 15) is 14.7 Å². The Bertz CT molecular complexity index is 740. The predicted molar refractivity (Wildman–Crippen MR) is 150 cm³/mol. The molecule has 0 radical (unpaired) electrons. The molecule has 4 nitrogen and oxygen atoms in total. The minimum absolute atomic E-state index is 0.0365. The van der Waals surface area contributed by atoms with Crippen LogP contribution in [0.3, 0.4) is 0 Å². The zero-order valence-corrected chi connectivity index (χ0v) is 25.0. The number of ether oxygens (including phenoxy) is 1. The highest BCUT2D eigenvalue weighted by Crippen LogP contribution is 2.60. The van der Waals surface area contributed by atoms with Gasteiger partial charge in [0.15, 0.2) is 0 Å². The number of carbonyl (C=O) groups is 2. The molecule has 1 N–H and O–H groups in total. The maximum absolute atomic E-state index is 11.9. The molecule has 0 aromatic carbocycles. The number of halogens is 3. The molecule has 0 spiro atoms. The highest BCUT2D eigenvalue weighted by Gasteiger charge is 2.57. The van der Waals surface area contributed by atoms with Crippen LogP contribution in [0.4, 0.5) is 0 Å². The van der Waals surface area contributed by atoms with Crippen LogP contribution >= 0.6 is 34.8 Å². The van der Waals surface area contributed by atoms with Gasteiger partial charge in [-0.15, -0.1) is 23.2 Å². The lowest BCUT2D eigenvalue weighted by Gasteiger charge is -2.59. The summed E-state index contributed by atoms with van der Waals surface area (Å²) in [5.74, 6) is 7.35. The zero-order chi connectivity index (χ0) is 26.8. The van der Waals surface area contributed by atoms with Crippen molar-refractivity contribution in [3.05, 3.63) is 0 Å². The molecule has 0 aliphatic heterocycles. The molecule has 8 saturated carbocycles. The van der Waals surface area contributed by atoms with Gasteiger partial charge in [-0.1, -0.05) is 0 Å². The molecular weight excluding hydrogens is 531 g/mol. The van der Waals surface area contributed by atoms with E-state index in [-0.39, 0.29) is 22.4 Å². The fraction of sp³-hybridized carbons (Fsp3) is 0.933. The molecule has 8 rings (SSSR count). The van der Waals surface area contributed by atoms with Gasteiger partial charge in [0.2, 0.25) is 5.24 Å². The first-order valence-electron chi connectivity index (χ1n) is 14.8. The van der Waals surface area contributed by atoms with Gasteiger partial charge in [-0.05, 0) is 150 Å². The van der Waals surface area contributed by atoms with Gasteiger partial charge in [0.05, 0.1) is 5.60 Å². The Morgan fingerprint density at radius 3 is 1.43 bits per heavy atom. The van der Waals surface area contributed by atoms with Crippen LogP contribution in [-0.4, -0.2) is 39.3 Å². The molecule has 0 heterocycles. The third-order valence-electron chi connectivity index (χ3n) is 10.9. The summed E-state index contributed by atoms with van der Waals surface area (Å²) in [6, 6.07) is 0. The second kappa shape index (κ2) is 12.6. The topological polar surface area (TPSA) is 63.6 Å². The second-order valence-corrected chi connectivity index (χ2v) is 14.6. The van der Waals surface area contributed by atoms with Gasteiger partial charge in [-0.25, -0.2) is 0 Å². The molecule has 7 heteroatoms. The molecule has 0 amide bonds. The van der Waals surface area contributed by atoms with Gasteiger partial charge >= 0.3 is 5.97 Å². The van der Waals surface area contributed by atoms with Gasteiger partial charge in [-0.3, -0.25) is 9.59 Å². The van der Waals surface area contributed by atoms with Gasteiger partial charge in [-0.2, -0.15) is 0 Å². The molecular formula is C30H47Cl3O4. The van der Waals surface area contributed by atoms with Gasteiger partial charge < -0.3 is 9.84 Å². The first kappa shape index (κ1) is 29.9. The summed E-state index contributed by atoms with van der Waals surface area (Å²) >= 11 is 15.8. The Kier molecular flexibility index (Phi) is 10.2. The number of esters is 1. The molecule has 0 saturated heterocycles. The summed E-state index contributed by atoms with van der Waals surface area (Å²) in [6.45, 7) is 4.28. The lowest BCUT2D eigenvalue weighted by molar-refractivity contribution is -0.203. The molecule has 212 valence electrons. The predicted octanol–water partition coefficient (Wildman–Crippen LogP) is 7.73. The summed E-state index contributed by atoms with van der Waals surface area (Å²) in [5.41, 5.74) is -0.468. The van der Waals surface area contributed by atoms with Crippen molar-refractivity contribution in [1.82, 2.24) is 0 Å². The van der Waals surface area contributed by atoms with Crippen molar-refractivity contribution in [2.75, 3.05) is 11.8 Å². The fourth-order valence-electron chi connectivity index (χ4n) is 9.14. The first-order valence-corrected chi connectivity index (χ1v) is 16.2. The van der Waals surface area contributed by atoms with E-state index in [1.54, 1.807) is 0 Å². The molecule has 0 aromatic heterocycles. The maximum atomic E-state index is 11.9. The van der Waals surface area contributed by atoms with Crippen molar-refractivity contribution < 1.29 is 19.4 Å². The molecule has 8 aliphatic rings. The standard InChI is InChI=1S/C15H23ClO2.C11H18O.C4H6Cl2O/c1-15(18-14(17)3-2-4-16)12-6-10-5-11(8-12)9-13(15)7-10;1-11(12)9-3-7-2-8(5-9)6-10(11)4-7;5-3-1-2-4(6)7/h10-13H,2-9H2,1H3;7-10,12H,2-6H2,1H3;1-3H2. The Labute approximate surface area is 238 Å². The lowest BCUT2D eigenvalue weighted by Crippen LogP contribution is -2.57. The van der Waals surface area contributed by atoms with E-state index in [4.69, 9.17) is 39.5 Å². The molecule has 0 atom stereocenters. The largest absolute Gasteiger partial charge is 0.459 e. The van der Waals surface area contributed by atoms with Crippen molar-refractivity contribution in [2.24, 2.45) is 47.3 Å². The number of aliphatic hydroxyl groups is 1. The summed E-state index contributed by atoms with van der Waals surface area (Å²) in [4.78, 5) is 21.8. The normalized spacial score (nSPS) is 43.9. The van der Waals surface area contributed by atoms with Crippen LogP contribution in [0.2, 0.25) is 0 Å². The summed E-state index contributed by atoms with van der Waals surface area (Å²) < 4.78 is 5.92. The third-order valence-corrected chi connectivity index (χ3v) is 11.6. The SMILES string of the molecule is CC1(O)C2CC3CC(C2)CC1C3.CC1(OC(=O)CCCCl)C2CC3CC(C2)CC1C3.O=C(Cl)CCCCl. The number of alkyl halides is 2. The van der Waals surface area contributed by atoms with E-state index in [1.165, 1.54) is 64.2 Å². The highest BCUT2D eigenvalue weighted by molar-refractivity contribution is 6.63. The average molecular weight is 578 g/mol. The molecule has 0 unspecified atom stereocenters. The van der Waals surface area contributed by atoms with E-state index in [1.807, 2.05) is 0 Å². The second-order valence-electron chi connectivity index (χ2n) is 13.4. The van der Waals surface area contributed by atoms with Crippen LogP contribution in [0.15, 0.2) is 0 Å². The molecule has 0 aromatic rings. The first-order chi connectivity index (χ1) is 17.5. The number of carbonyl (C=O) groups excluding carboxylic acids is 2. The summed E-state index contributed by atoms with van der Waals surface area (Å²) in [6.07, 6.45) is 15.6. The quantitative estimate of drug-likeness (QED) is 0.191. The van der Waals surface area contributed by atoms with E-state index in [0.717, 1.165) is 30.1 Å². The van der Waals surface area contributed by atoms with Crippen molar-refractivity contribution in [1.29, 1.82) is 0 Å². The lowest BCUT2D eigenvalue weighted by atomic mass is 9.50. The Balaban J connectivity index is 0.000000145. The molecule has 37 heavy (non-hydrogen) atoms. The Hall–Kier alpha value is -0.0300. The minimum atomic E-state index is -0.305. The minimum Gasteiger partial charge on any atom is -0.459 e. The van der Waals surface area contributed by atoms with Crippen molar-refractivity contribution in [2.45, 2.75) is 115 Å². The Morgan fingerprint density at radius 2 is 1.08 bits per heavy atom. The summed E-state index contributed by atoms with van der Waals surface area (Å²) in [7, 11) is 0. The van der Waals surface area contributed by atoms with Crippen LogP contribution in [-0.2, 0) is 14.3 Å². The smallest absolute Gasteiger partial charge is 0.306 e. The average Bonchev–Trinajstić information content (AvgIpc) is 2.83. The van der Waals surface area contributed by atoms with Gasteiger partial charge in [0.25, 0.3) is 0 Å². The number of rotatable bonds is 7. The molecule has 8 bridgehead atoms. The van der Waals surface area contributed by atoms with E-state index in [2.05, 4.69) is 13.8 Å². The maximum Gasteiger partial charge on any atom is 0.306 e. The third kappa shape index (κ3) is 7.01. The van der Waals surface area contributed by atoms with Gasteiger partial charge in [0.1, 0.15) is 5.60 Å². The van der Waals surface area contributed by atoms with Crippen molar-refractivity contribution in [3.8, 4) is 0 Å². The van der Waals surface area contributed by atoms with E-state index in [0.29, 0.717) is 54.7 Å². The summed E-state index contributed by atoms with van der Waals surface area (Å²) in [5, 5.41) is 9.99. The number of hydrogen-bond donors (Lipinski definition) is 1. The van der Waals surface area contributed by atoms with Crippen LogP contribution in [0.1, 0.15) is 104 Å². The molecule has 8 aliphatic carbocycles. The fourth-order valence-corrected chi connectivity index (χ4v) is 9.54. The van der Waals surface area contributed by atoms with Crippen LogP contribution in [0.25, 0.3) is 0 Å². The van der Waals surface area contributed by atoms with Crippen molar-refractivity contribution in [3.63, 3.8) is 0 Å². The van der Waals surface area contributed by atoms with Gasteiger partial charge in [0, 0.05) is 24.6 Å². The molecule has 8 fully saturated rings. The monoisotopic (exact) mass is 576 g/mol. The van der Waals surface area contributed by atoms with E-state index >= 15 is 0 Å². The van der Waals surface area contributed by atoms with Crippen LogP contribution in [0.5, 0.6) is 0 Å². The van der Waals surface area contributed by atoms with Crippen LogP contribution < -0.4 is 0 Å². The highest BCUT2D eigenvalue weighted by atomic mass is 35.5. The van der Waals surface area contributed by atoms with Crippen LogP contribution in [0, 0.1) is 47.3 Å². The van der Waals surface area contributed by atoms with E-state index < -0.39 is 0 Å². The van der Waals surface area contributed by atoms with Crippen molar-refractivity contribution >= 4 is 46.0 Å². The Morgan fingerprint density at radius 1 is 0.703 bits per heavy atom. The number of hydrogen-bond acceptors (Lipinski definition) is 4.